The highest BCUT2D eigenvalue weighted by atomic mass is 16.1. The van der Waals surface area contributed by atoms with Crippen LogP contribution in [0.4, 0.5) is 5.69 Å². The van der Waals surface area contributed by atoms with Crippen LogP contribution in [0, 0.1) is 0 Å². The maximum Gasteiger partial charge on any atom is 0.231 e. The summed E-state index contributed by atoms with van der Waals surface area (Å²) in [5.74, 6) is 0.110. The van der Waals surface area contributed by atoms with Gasteiger partial charge in [-0.15, -0.1) is 0 Å². The molecule has 0 aromatic heterocycles. The number of fused-ring (bicyclic) bond motifs is 2. The molecule has 1 atom stereocenters. The fourth-order valence-electron chi connectivity index (χ4n) is 3.43. The zero-order valence-corrected chi connectivity index (χ0v) is 11.9. The Bertz CT molecular complexity index is 708. The highest BCUT2D eigenvalue weighted by Gasteiger charge is 2.28. The normalized spacial score (nSPS) is 19.1. The van der Waals surface area contributed by atoms with E-state index >= 15 is 0 Å². The lowest BCUT2D eigenvalue weighted by Crippen LogP contribution is -2.19. The van der Waals surface area contributed by atoms with E-state index in [1.54, 1.807) is 0 Å². The van der Waals surface area contributed by atoms with Crippen LogP contribution in [0.2, 0.25) is 0 Å². The molecule has 0 fully saturated rings. The smallest absolute Gasteiger partial charge is 0.231 e. The molecule has 0 unspecified atom stereocenters. The molecule has 1 aliphatic carbocycles. The molecule has 2 aromatic rings. The number of hydrogen-bond donors (Lipinski definition) is 2. The lowest BCUT2D eigenvalue weighted by Gasteiger charge is -2.13. The van der Waals surface area contributed by atoms with Crippen LogP contribution in [0.3, 0.4) is 0 Å². The van der Waals surface area contributed by atoms with Gasteiger partial charge in [0.2, 0.25) is 5.91 Å². The molecule has 0 saturated heterocycles. The lowest BCUT2D eigenvalue weighted by molar-refractivity contribution is -0.117. The minimum atomic E-state index is -0.00687. The van der Waals surface area contributed by atoms with E-state index in [1.807, 2.05) is 18.2 Å². The first-order valence-electron chi connectivity index (χ1n) is 7.52. The molecule has 2 N–H and O–H groups in total. The molecule has 1 heterocycles. The quantitative estimate of drug-likeness (QED) is 0.886. The fraction of sp³-hybridized carbons (Fsp3) is 0.278. The van der Waals surface area contributed by atoms with Crippen molar-refractivity contribution in [2.75, 3.05) is 5.32 Å². The number of carbonyl (C=O) groups excluding carboxylic acids is 1. The van der Waals surface area contributed by atoms with Crippen LogP contribution in [0.15, 0.2) is 42.5 Å². The van der Waals surface area contributed by atoms with Crippen molar-refractivity contribution in [3.63, 3.8) is 0 Å². The van der Waals surface area contributed by atoms with Crippen LogP contribution in [-0.2, 0) is 24.3 Å². The Hall–Kier alpha value is -2.13. The molecule has 21 heavy (non-hydrogen) atoms. The SMILES string of the molecule is O=C(Nc1ccc2c(c1)CNC2)[C@H]1CCc2ccccc21. The molecule has 1 amide bonds. The third-order valence-corrected chi connectivity index (χ3v) is 4.55. The zero-order valence-electron chi connectivity index (χ0n) is 11.9. The summed E-state index contributed by atoms with van der Waals surface area (Å²) in [6, 6.07) is 14.5. The molecule has 0 spiro atoms. The summed E-state index contributed by atoms with van der Waals surface area (Å²) >= 11 is 0. The molecule has 106 valence electrons. The zero-order chi connectivity index (χ0) is 14.2. The van der Waals surface area contributed by atoms with Gasteiger partial charge >= 0.3 is 0 Å². The number of hydrogen-bond acceptors (Lipinski definition) is 2. The average Bonchev–Trinajstić information content (AvgIpc) is 3.13. The van der Waals surface area contributed by atoms with Crippen molar-refractivity contribution < 1.29 is 4.79 Å². The summed E-state index contributed by atoms with van der Waals surface area (Å²) in [5.41, 5.74) is 6.04. The summed E-state index contributed by atoms with van der Waals surface area (Å²) < 4.78 is 0. The summed E-state index contributed by atoms with van der Waals surface area (Å²) in [7, 11) is 0. The molecule has 0 saturated carbocycles. The Kier molecular flexibility index (Phi) is 3.00. The van der Waals surface area contributed by atoms with Crippen molar-refractivity contribution >= 4 is 11.6 Å². The number of amides is 1. The average molecular weight is 278 g/mol. The van der Waals surface area contributed by atoms with E-state index in [0.717, 1.165) is 31.6 Å². The van der Waals surface area contributed by atoms with Gasteiger partial charge < -0.3 is 10.6 Å². The van der Waals surface area contributed by atoms with Gasteiger partial charge in [-0.2, -0.15) is 0 Å². The second-order valence-corrected chi connectivity index (χ2v) is 5.87. The Morgan fingerprint density at radius 3 is 2.86 bits per heavy atom. The monoisotopic (exact) mass is 278 g/mol. The summed E-state index contributed by atoms with van der Waals surface area (Å²) in [4.78, 5) is 12.6. The highest BCUT2D eigenvalue weighted by Crippen LogP contribution is 2.33. The number of anilines is 1. The first kappa shape index (κ1) is 12.6. The van der Waals surface area contributed by atoms with Gasteiger partial charge in [0.1, 0.15) is 0 Å². The molecule has 0 radical (unpaired) electrons. The molecular weight excluding hydrogens is 260 g/mol. The Morgan fingerprint density at radius 1 is 1.05 bits per heavy atom. The summed E-state index contributed by atoms with van der Waals surface area (Å²) in [5, 5.41) is 6.41. The highest BCUT2D eigenvalue weighted by molar-refractivity contribution is 5.96. The van der Waals surface area contributed by atoms with Crippen LogP contribution in [-0.4, -0.2) is 5.91 Å². The minimum Gasteiger partial charge on any atom is -0.326 e. The second kappa shape index (κ2) is 5.01. The molecule has 2 aromatic carbocycles. The Morgan fingerprint density at radius 2 is 1.90 bits per heavy atom. The topological polar surface area (TPSA) is 41.1 Å². The van der Waals surface area contributed by atoms with Crippen molar-refractivity contribution in [1.82, 2.24) is 5.32 Å². The van der Waals surface area contributed by atoms with Crippen molar-refractivity contribution in [2.24, 2.45) is 0 Å². The standard InChI is InChI=1S/C18H18N2O/c21-18(17-8-6-12-3-1-2-4-16(12)17)20-15-7-5-13-10-19-11-14(13)9-15/h1-5,7,9,17,19H,6,8,10-11H2,(H,20,21)/t17-/m0/s1. The van der Waals surface area contributed by atoms with Crippen LogP contribution >= 0.6 is 0 Å². The number of aryl methyl sites for hydroxylation is 1. The van der Waals surface area contributed by atoms with Crippen molar-refractivity contribution in [2.45, 2.75) is 31.8 Å². The van der Waals surface area contributed by atoms with E-state index < -0.39 is 0 Å². The van der Waals surface area contributed by atoms with Crippen molar-refractivity contribution in [1.29, 1.82) is 0 Å². The number of rotatable bonds is 2. The maximum atomic E-state index is 12.6. The van der Waals surface area contributed by atoms with Crippen LogP contribution in [0.1, 0.15) is 34.6 Å². The van der Waals surface area contributed by atoms with E-state index in [-0.39, 0.29) is 11.8 Å². The molecule has 2 aliphatic rings. The van der Waals surface area contributed by atoms with Gasteiger partial charge in [0, 0.05) is 18.8 Å². The Balaban J connectivity index is 1.54. The Labute approximate surface area is 124 Å². The summed E-state index contributed by atoms with van der Waals surface area (Å²) in [6.07, 6.45) is 1.92. The predicted octanol–water partition coefficient (Wildman–Crippen LogP) is 2.96. The van der Waals surface area contributed by atoms with Crippen LogP contribution < -0.4 is 10.6 Å². The van der Waals surface area contributed by atoms with Gasteiger partial charge in [-0.3, -0.25) is 4.79 Å². The van der Waals surface area contributed by atoms with Gasteiger partial charge in [-0.1, -0.05) is 30.3 Å². The fourth-order valence-corrected chi connectivity index (χ4v) is 3.43. The molecule has 4 rings (SSSR count). The van der Waals surface area contributed by atoms with E-state index in [2.05, 4.69) is 34.9 Å². The van der Waals surface area contributed by atoms with Crippen molar-refractivity contribution in [3.8, 4) is 0 Å². The van der Waals surface area contributed by atoms with E-state index in [9.17, 15) is 4.79 Å². The largest absolute Gasteiger partial charge is 0.326 e. The van der Waals surface area contributed by atoms with Crippen molar-refractivity contribution in [3.05, 3.63) is 64.7 Å². The lowest BCUT2D eigenvalue weighted by atomic mass is 10.0. The molecule has 0 bridgehead atoms. The second-order valence-electron chi connectivity index (χ2n) is 5.87. The van der Waals surface area contributed by atoms with E-state index in [4.69, 9.17) is 0 Å². The number of carbonyl (C=O) groups is 1. The van der Waals surface area contributed by atoms with Gasteiger partial charge in [-0.25, -0.2) is 0 Å². The van der Waals surface area contributed by atoms with Crippen LogP contribution in [0.5, 0.6) is 0 Å². The molecule has 1 aliphatic heterocycles. The van der Waals surface area contributed by atoms with E-state index in [0.29, 0.717) is 0 Å². The third kappa shape index (κ3) is 2.24. The van der Waals surface area contributed by atoms with Crippen LogP contribution in [0.25, 0.3) is 0 Å². The number of benzene rings is 2. The van der Waals surface area contributed by atoms with Gasteiger partial charge in [0.05, 0.1) is 5.92 Å². The van der Waals surface area contributed by atoms with Gasteiger partial charge in [0.15, 0.2) is 0 Å². The van der Waals surface area contributed by atoms with Gasteiger partial charge in [0.25, 0.3) is 0 Å². The first-order chi connectivity index (χ1) is 10.3. The summed E-state index contributed by atoms with van der Waals surface area (Å²) in [6.45, 7) is 1.82. The molecular formula is C18H18N2O. The molecule has 3 heteroatoms. The number of nitrogens with one attached hydrogen (secondary N) is 2. The minimum absolute atomic E-state index is 0.00687. The maximum absolute atomic E-state index is 12.6. The van der Waals surface area contributed by atoms with E-state index in [1.165, 1.54) is 22.3 Å². The van der Waals surface area contributed by atoms with Gasteiger partial charge in [-0.05, 0) is 47.2 Å². The first-order valence-corrected chi connectivity index (χ1v) is 7.52. The predicted molar refractivity (Wildman–Crippen MR) is 83.1 cm³/mol. The molecule has 3 nitrogen and oxygen atoms in total. The third-order valence-electron chi connectivity index (χ3n) is 4.55.